The Morgan fingerprint density at radius 1 is 0.946 bits per heavy atom. The molecule has 4 heterocycles. The zero-order valence-corrected chi connectivity index (χ0v) is 21.1. The van der Waals surface area contributed by atoms with Crippen LogP contribution in [-0.2, 0) is 6.54 Å². The number of methoxy groups -OCH3 is 1. The van der Waals surface area contributed by atoms with Gasteiger partial charge >= 0.3 is 0 Å². The van der Waals surface area contributed by atoms with Crippen molar-refractivity contribution in [2.45, 2.75) is 19.5 Å². The van der Waals surface area contributed by atoms with E-state index in [-0.39, 0.29) is 11.3 Å². The van der Waals surface area contributed by atoms with Crippen molar-refractivity contribution < 1.29 is 9.84 Å². The van der Waals surface area contributed by atoms with Crippen molar-refractivity contribution in [1.82, 2.24) is 19.4 Å². The van der Waals surface area contributed by atoms with Crippen molar-refractivity contribution in [1.29, 1.82) is 0 Å². The molecular weight excluding hydrogens is 466 g/mol. The molecule has 0 bridgehead atoms. The molecular formula is C29H31N5O3. The largest absolute Gasteiger partial charge is 0.507 e. The van der Waals surface area contributed by atoms with Crippen LogP contribution in [-0.4, -0.2) is 57.8 Å². The molecule has 4 aromatic rings. The Balaban J connectivity index is 1.50. The summed E-state index contributed by atoms with van der Waals surface area (Å²) < 4.78 is 6.98. The zero-order chi connectivity index (χ0) is 25.8. The van der Waals surface area contributed by atoms with Gasteiger partial charge in [0.05, 0.1) is 31.0 Å². The summed E-state index contributed by atoms with van der Waals surface area (Å²) in [5, 5.41) is 11.1. The number of anilines is 1. The van der Waals surface area contributed by atoms with Crippen LogP contribution >= 0.6 is 0 Å². The van der Waals surface area contributed by atoms with Gasteiger partial charge in [-0.25, -0.2) is 4.98 Å². The van der Waals surface area contributed by atoms with Crippen LogP contribution in [0.15, 0.2) is 83.9 Å². The van der Waals surface area contributed by atoms with Crippen molar-refractivity contribution in [2.24, 2.45) is 0 Å². The van der Waals surface area contributed by atoms with Gasteiger partial charge in [-0.2, -0.15) is 0 Å². The molecule has 0 saturated carbocycles. The van der Waals surface area contributed by atoms with Crippen LogP contribution in [0.2, 0.25) is 0 Å². The Morgan fingerprint density at radius 3 is 2.27 bits per heavy atom. The quantitative estimate of drug-likeness (QED) is 0.418. The van der Waals surface area contributed by atoms with Gasteiger partial charge in [-0.15, -0.1) is 0 Å². The predicted octanol–water partition coefficient (Wildman–Crippen LogP) is 3.62. The third-order valence-corrected chi connectivity index (χ3v) is 6.92. The van der Waals surface area contributed by atoms with Crippen LogP contribution < -0.4 is 15.2 Å². The fraction of sp³-hybridized carbons (Fsp3) is 0.276. The Labute approximate surface area is 216 Å². The molecule has 8 heteroatoms. The van der Waals surface area contributed by atoms with E-state index in [0.717, 1.165) is 35.9 Å². The van der Waals surface area contributed by atoms with Gasteiger partial charge < -0.3 is 19.3 Å². The third kappa shape index (κ3) is 5.20. The van der Waals surface area contributed by atoms with Crippen LogP contribution in [0, 0.1) is 6.92 Å². The monoisotopic (exact) mass is 497 g/mol. The Hall–Kier alpha value is -4.17. The number of pyridine rings is 3. The van der Waals surface area contributed by atoms with Gasteiger partial charge in [0.2, 0.25) is 0 Å². The normalized spacial score (nSPS) is 14.9. The number of ether oxygens (including phenoxy) is 1. The first-order valence-corrected chi connectivity index (χ1v) is 12.4. The predicted molar refractivity (Wildman–Crippen MR) is 143 cm³/mol. The number of hydrogen-bond acceptors (Lipinski definition) is 7. The minimum Gasteiger partial charge on any atom is -0.507 e. The molecule has 1 aliphatic rings. The number of benzene rings is 1. The lowest BCUT2D eigenvalue weighted by Gasteiger charge is -2.39. The van der Waals surface area contributed by atoms with E-state index < -0.39 is 6.04 Å². The summed E-state index contributed by atoms with van der Waals surface area (Å²) in [6.45, 7) is 5.15. The minimum absolute atomic E-state index is 0.00344. The maximum absolute atomic E-state index is 14.0. The van der Waals surface area contributed by atoms with E-state index >= 15 is 0 Å². The summed E-state index contributed by atoms with van der Waals surface area (Å²) in [5.74, 6) is 1.70. The first-order chi connectivity index (χ1) is 18.0. The SMILES string of the molecule is COc1ccc(Cn2c(C)cc(O)c([C@@H](c3ccccn3)N3CCN(c4ccccn4)CC3)c2=O)cc1. The zero-order valence-electron chi connectivity index (χ0n) is 21.1. The maximum Gasteiger partial charge on any atom is 0.260 e. The third-order valence-electron chi connectivity index (χ3n) is 6.92. The fourth-order valence-electron chi connectivity index (χ4n) is 4.94. The number of rotatable bonds is 7. The average Bonchev–Trinajstić information content (AvgIpc) is 2.95. The summed E-state index contributed by atoms with van der Waals surface area (Å²) >= 11 is 0. The molecule has 3 aromatic heterocycles. The van der Waals surface area contributed by atoms with Gasteiger partial charge in [0, 0.05) is 44.3 Å². The maximum atomic E-state index is 14.0. The molecule has 0 spiro atoms. The molecule has 1 aliphatic heterocycles. The van der Waals surface area contributed by atoms with Gasteiger partial charge in [0.15, 0.2) is 0 Å². The van der Waals surface area contributed by atoms with Crippen LogP contribution in [0.1, 0.15) is 28.6 Å². The lowest BCUT2D eigenvalue weighted by molar-refractivity contribution is 0.204. The van der Waals surface area contributed by atoms with E-state index in [0.29, 0.717) is 30.9 Å². The van der Waals surface area contributed by atoms with E-state index in [4.69, 9.17) is 4.74 Å². The van der Waals surface area contributed by atoms with E-state index in [2.05, 4.69) is 19.8 Å². The minimum atomic E-state index is -0.470. The van der Waals surface area contributed by atoms with Gasteiger partial charge in [0.1, 0.15) is 17.3 Å². The molecule has 1 atom stereocenters. The van der Waals surface area contributed by atoms with Crippen LogP contribution in [0.4, 0.5) is 5.82 Å². The molecule has 1 fully saturated rings. The molecule has 0 radical (unpaired) electrons. The second-order valence-electron chi connectivity index (χ2n) is 9.19. The highest BCUT2D eigenvalue weighted by molar-refractivity contribution is 5.41. The Kier molecular flexibility index (Phi) is 7.18. The van der Waals surface area contributed by atoms with Crippen molar-refractivity contribution in [3.05, 3.63) is 112 Å². The molecule has 0 unspecified atom stereocenters. The fourth-order valence-corrected chi connectivity index (χ4v) is 4.94. The molecule has 0 aliphatic carbocycles. The van der Waals surface area contributed by atoms with E-state index in [1.54, 1.807) is 30.1 Å². The number of aromatic hydroxyl groups is 1. The van der Waals surface area contributed by atoms with Crippen LogP contribution in [0.5, 0.6) is 11.5 Å². The molecule has 5 rings (SSSR count). The molecule has 1 saturated heterocycles. The van der Waals surface area contributed by atoms with Gasteiger partial charge in [-0.05, 0) is 55.0 Å². The van der Waals surface area contributed by atoms with E-state index in [1.807, 2.05) is 67.6 Å². The van der Waals surface area contributed by atoms with E-state index in [9.17, 15) is 9.90 Å². The summed E-state index contributed by atoms with van der Waals surface area (Å²) in [5.41, 5.74) is 2.55. The van der Waals surface area contributed by atoms with Crippen molar-refractivity contribution in [3.8, 4) is 11.5 Å². The number of piperazine rings is 1. The van der Waals surface area contributed by atoms with Crippen LogP contribution in [0.25, 0.3) is 0 Å². The topological polar surface area (TPSA) is 83.7 Å². The molecule has 190 valence electrons. The Bertz CT molecular complexity index is 1380. The van der Waals surface area contributed by atoms with Gasteiger partial charge in [0.25, 0.3) is 5.56 Å². The number of aromatic nitrogens is 3. The van der Waals surface area contributed by atoms with Gasteiger partial charge in [-0.1, -0.05) is 24.3 Å². The van der Waals surface area contributed by atoms with Gasteiger partial charge in [-0.3, -0.25) is 14.7 Å². The van der Waals surface area contributed by atoms with Crippen molar-refractivity contribution in [2.75, 3.05) is 38.2 Å². The highest BCUT2D eigenvalue weighted by atomic mass is 16.5. The summed E-state index contributed by atoms with van der Waals surface area (Å²) in [4.78, 5) is 27.5. The molecule has 8 nitrogen and oxygen atoms in total. The standard InChI is InChI=1S/C29H31N5O3/c1-21-19-25(35)27(29(36)34(21)20-22-9-11-23(37-2)12-10-22)28(24-7-3-5-13-30-24)33-17-15-32(16-18-33)26-8-4-6-14-31-26/h3-14,19,28,35H,15-18,20H2,1-2H3/t28-/m1/s1. The van der Waals surface area contributed by atoms with Crippen molar-refractivity contribution >= 4 is 5.82 Å². The number of hydrogen-bond donors (Lipinski definition) is 1. The average molecular weight is 498 g/mol. The molecule has 37 heavy (non-hydrogen) atoms. The number of nitrogens with zero attached hydrogens (tertiary/aromatic N) is 5. The summed E-state index contributed by atoms with van der Waals surface area (Å²) in [6.07, 6.45) is 3.53. The summed E-state index contributed by atoms with van der Waals surface area (Å²) in [6, 6.07) is 20.5. The first-order valence-electron chi connectivity index (χ1n) is 12.4. The summed E-state index contributed by atoms with van der Waals surface area (Å²) in [7, 11) is 1.63. The number of aryl methyl sites for hydroxylation is 1. The Morgan fingerprint density at radius 2 is 1.65 bits per heavy atom. The van der Waals surface area contributed by atoms with E-state index in [1.165, 1.54) is 0 Å². The lowest BCUT2D eigenvalue weighted by Crippen LogP contribution is -2.49. The molecule has 0 amide bonds. The highest BCUT2D eigenvalue weighted by Crippen LogP contribution is 2.32. The second kappa shape index (κ2) is 10.8. The highest BCUT2D eigenvalue weighted by Gasteiger charge is 2.32. The molecule has 1 aromatic carbocycles. The first kappa shape index (κ1) is 24.5. The van der Waals surface area contributed by atoms with Crippen LogP contribution in [0.3, 0.4) is 0 Å². The smallest absolute Gasteiger partial charge is 0.260 e. The molecule has 1 N–H and O–H groups in total. The second-order valence-corrected chi connectivity index (χ2v) is 9.19. The lowest BCUT2D eigenvalue weighted by atomic mass is 9.99. The van der Waals surface area contributed by atoms with Crippen molar-refractivity contribution in [3.63, 3.8) is 0 Å².